The minimum Gasteiger partial charge on any atom is -0.355 e. The van der Waals surface area contributed by atoms with Gasteiger partial charge in [-0.05, 0) is 43.9 Å². The summed E-state index contributed by atoms with van der Waals surface area (Å²) >= 11 is 8.88. The highest BCUT2D eigenvalue weighted by Crippen LogP contribution is 2.19. The predicted molar refractivity (Wildman–Crippen MR) is 105 cm³/mol. The summed E-state index contributed by atoms with van der Waals surface area (Å²) in [6, 6.07) is 7.60. The number of nitrogens with one attached hydrogen (secondary N) is 2. The molecule has 25 heavy (non-hydrogen) atoms. The van der Waals surface area contributed by atoms with Gasteiger partial charge in [0.1, 0.15) is 0 Å². The Hall–Kier alpha value is -1.44. The van der Waals surface area contributed by atoms with Crippen molar-refractivity contribution in [2.75, 3.05) is 18.6 Å². The molecule has 1 amide bonds. The van der Waals surface area contributed by atoms with Crippen LogP contribution in [-0.2, 0) is 11.2 Å². The lowest BCUT2D eigenvalue weighted by atomic mass is 10.1. The van der Waals surface area contributed by atoms with E-state index in [0.29, 0.717) is 34.4 Å². The van der Waals surface area contributed by atoms with Gasteiger partial charge in [0, 0.05) is 39.9 Å². The number of aryl methyl sites for hydroxylation is 1. The number of nitrogens with zero attached hydrogens (tertiary/aromatic N) is 1. The molecule has 0 radical (unpaired) electrons. The molecule has 0 spiro atoms. The van der Waals surface area contributed by atoms with Crippen molar-refractivity contribution in [3.63, 3.8) is 0 Å². The number of hydrogen-bond acceptors (Lipinski definition) is 5. The second-order valence-corrected chi connectivity index (χ2v) is 7.69. The number of amides is 1. The lowest BCUT2D eigenvalue weighted by molar-refractivity contribution is -0.120. The van der Waals surface area contributed by atoms with Gasteiger partial charge < -0.3 is 10.3 Å². The van der Waals surface area contributed by atoms with Crippen LogP contribution in [0.25, 0.3) is 0 Å². The van der Waals surface area contributed by atoms with E-state index in [1.807, 2.05) is 30.5 Å². The molecule has 0 atom stereocenters. The lowest BCUT2D eigenvalue weighted by Crippen LogP contribution is -2.27. The van der Waals surface area contributed by atoms with Gasteiger partial charge in [0.25, 0.3) is 5.56 Å². The van der Waals surface area contributed by atoms with E-state index in [9.17, 15) is 9.59 Å². The highest BCUT2D eigenvalue weighted by molar-refractivity contribution is 7.99. The van der Waals surface area contributed by atoms with Crippen LogP contribution < -0.4 is 10.9 Å². The van der Waals surface area contributed by atoms with Crippen LogP contribution in [0.15, 0.2) is 39.1 Å². The van der Waals surface area contributed by atoms with E-state index in [2.05, 4.69) is 15.3 Å². The number of thioether (sulfide) groups is 2. The van der Waals surface area contributed by atoms with E-state index < -0.39 is 0 Å². The maximum Gasteiger partial charge on any atom is 0.254 e. The number of carbonyl (C=O) groups excluding carboxylic acids is 1. The minimum absolute atomic E-state index is 0.0653. The molecule has 1 aromatic heterocycles. The summed E-state index contributed by atoms with van der Waals surface area (Å²) in [5.74, 6) is 0.709. The van der Waals surface area contributed by atoms with Crippen LogP contribution in [0.4, 0.5) is 0 Å². The smallest absolute Gasteiger partial charge is 0.254 e. The Kier molecular flexibility index (Phi) is 7.87. The zero-order chi connectivity index (χ0) is 18.2. The maximum absolute atomic E-state index is 12.0. The Morgan fingerprint density at radius 1 is 1.32 bits per heavy atom. The Morgan fingerprint density at radius 3 is 2.68 bits per heavy atom. The number of carbonyl (C=O) groups is 1. The highest BCUT2D eigenvalue weighted by atomic mass is 35.5. The van der Waals surface area contributed by atoms with Gasteiger partial charge in [0.2, 0.25) is 5.91 Å². The van der Waals surface area contributed by atoms with Crippen molar-refractivity contribution >= 4 is 41.0 Å². The van der Waals surface area contributed by atoms with E-state index in [1.54, 1.807) is 18.7 Å². The Labute approximate surface area is 160 Å². The summed E-state index contributed by atoms with van der Waals surface area (Å²) in [6.07, 6.45) is 2.52. The molecule has 0 fully saturated rings. The van der Waals surface area contributed by atoms with Crippen LogP contribution in [0.5, 0.6) is 0 Å². The molecule has 0 bridgehead atoms. The largest absolute Gasteiger partial charge is 0.355 e. The first-order chi connectivity index (χ1) is 12.0. The molecule has 1 heterocycles. The molecule has 0 saturated carbocycles. The van der Waals surface area contributed by atoms with Gasteiger partial charge in [-0.15, -0.1) is 11.8 Å². The second kappa shape index (κ2) is 9.89. The SMILES string of the molecule is CSc1nc(C)c(CCC(=O)NCCSc2ccc(Cl)cc2)c(=O)[nH]1. The van der Waals surface area contributed by atoms with Gasteiger partial charge in [-0.3, -0.25) is 9.59 Å². The average Bonchev–Trinajstić information content (AvgIpc) is 2.59. The first kappa shape index (κ1) is 19.9. The monoisotopic (exact) mass is 397 g/mol. The second-order valence-electron chi connectivity index (χ2n) is 5.29. The van der Waals surface area contributed by atoms with Crippen LogP contribution >= 0.6 is 35.1 Å². The van der Waals surface area contributed by atoms with Crippen molar-refractivity contribution in [3.05, 3.63) is 50.9 Å². The molecule has 2 aromatic rings. The van der Waals surface area contributed by atoms with Crippen LogP contribution in [-0.4, -0.2) is 34.4 Å². The third kappa shape index (κ3) is 6.41. The number of rotatable bonds is 8. The summed E-state index contributed by atoms with van der Waals surface area (Å²) in [7, 11) is 0. The Balaban J connectivity index is 1.74. The van der Waals surface area contributed by atoms with Crippen molar-refractivity contribution in [2.24, 2.45) is 0 Å². The zero-order valence-corrected chi connectivity index (χ0v) is 16.5. The predicted octanol–water partition coefficient (Wildman–Crippen LogP) is 3.29. The summed E-state index contributed by atoms with van der Waals surface area (Å²) in [5.41, 5.74) is 1.09. The van der Waals surface area contributed by atoms with Gasteiger partial charge in [0.05, 0.1) is 0 Å². The van der Waals surface area contributed by atoms with Crippen LogP contribution in [0.2, 0.25) is 5.02 Å². The highest BCUT2D eigenvalue weighted by Gasteiger charge is 2.10. The van der Waals surface area contributed by atoms with Crippen LogP contribution in [0.1, 0.15) is 17.7 Å². The Morgan fingerprint density at radius 2 is 2.04 bits per heavy atom. The molecule has 8 heteroatoms. The van der Waals surface area contributed by atoms with Gasteiger partial charge in [-0.1, -0.05) is 23.4 Å². The average molecular weight is 398 g/mol. The quantitative estimate of drug-likeness (QED) is 0.406. The van der Waals surface area contributed by atoms with Gasteiger partial charge in [-0.2, -0.15) is 0 Å². The topological polar surface area (TPSA) is 74.8 Å². The first-order valence-corrected chi connectivity index (χ1v) is 10.4. The fourth-order valence-corrected chi connectivity index (χ4v) is 3.51. The van der Waals surface area contributed by atoms with Gasteiger partial charge >= 0.3 is 0 Å². The van der Waals surface area contributed by atoms with Crippen LogP contribution in [0.3, 0.4) is 0 Å². The number of aromatic nitrogens is 2. The normalized spacial score (nSPS) is 10.7. The fraction of sp³-hybridized carbons (Fsp3) is 0.353. The molecule has 2 rings (SSSR count). The van der Waals surface area contributed by atoms with E-state index in [4.69, 9.17) is 11.6 Å². The molecule has 1 aromatic carbocycles. The molecule has 134 valence electrons. The van der Waals surface area contributed by atoms with Crippen molar-refractivity contribution in [3.8, 4) is 0 Å². The summed E-state index contributed by atoms with van der Waals surface area (Å²) < 4.78 is 0. The fourth-order valence-electron chi connectivity index (χ4n) is 2.19. The number of hydrogen-bond donors (Lipinski definition) is 2. The Bertz CT molecular complexity index is 778. The standard InChI is InChI=1S/C17H20ClN3O2S2/c1-11-14(16(23)21-17(20-11)24-2)7-8-15(22)19-9-10-25-13-5-3-12(18)4-6-13/h3-6H,7-10H2,1-2H3,(H,19,22)(H,20,21,23). The molecule has 0 aliphatic heterocycles. The third-order valence-corrected chi connectivity index (χ3v) is 5.35. The number of benzene rings is 1. The molecule has 0 aliphatic carbocycles. The minimum atomic E-state index is -0.164. The molecule has 5 nitrogen and oxygen atoms in total. The van der Waals surface area contributed by atoms with E-state index in [1.165, 1.54) is 11.8 Å². The molecule has 0 unspecified atom stereocenters. The van der Waals surface area contributed by atoms with Crippen LogP contribution in [0, 0.1) is 6.92 Å². The number of H-pyrrole nitrogens is 1. The molecular formula is C17H20ClN3O2S2. The van der Waals surface area contributed by atoms with Crippen molar-refractivity contribution in [1.29, 1.82) is 0 Å². The van der Waals surface area contributed by atoms with Gasteiger partial charge in [-0.25, -0.2) is 4.98 Å². The molecule has 0 saturated heterocycles. The summed E-state index contributed by atoms with van der Waals surface area (Å²) in [6.45, 7) is 2.37. The molecule has 0 aliphatic rings. The molecular weight excluding hydrogens is 378 g/mol. The zero-order valence-electron chi connectivity index (χ0n) is 14.1. The van der Waals surface area contributed by atoms with E-state index in [0.717, 1.165) is 10.6 Å². The first-order valence-electron chi connectivity index (χ1n) is 7.78. The third-order valence-electron chi connectivity index (χ3n) is 3.50. The summed E-state index contributed by atoms with van der Waals surface area (Å²) in [5, 5.41) is 4.18. The van der Waals surface area contributed by atoms with E-state index in [-0.39, 0.29) is 17.9 Å². The van der Waals surface area contributed by atoms with E-state index >= 15 is 0 Å². The molecule has 2 N–H and O–H groups in total. The van der Waals surface area contributed by atoms with Crippen molar-refractivity contribution in [1.82, 2.24) is 15.3 Å². The van der Waals surface area contributed by atoms with Crippen molar-refractivity contribution < 1.29 is 4.79 Å². The van der Waals surface area contributed by atoms with Gasteiger partial charge in [0.15, 0.2) is 5.16 Å². The number of halogens is 1. The summed E-state index contributed by atoms with van der Waals surface area (Å²) in [4.78, 5) is 32.1. The maximum atomic E-state index is 12.0. The van der Waals surface area contributed by atoms with Crippen molar-refractivity contribution in [2.45, 2.75) is 29.8 Å². The lowest BCUT2D eigenvalue weighted by Gasteiger charge is -2.07. The number of aromatic amines is 1.